The standard InChI is InChI=1S/C25H24ClF2N3O4S/c1-35-21-7-5-19(6-8-21)29-25(32)30-14-12-20(13-15-30)31(24-16-18(27)4-11-23(24)28)36(33,34)22-9-2-17(26)3-10-22/h2-11,16,20H,12-15H2,1H3,(H,29,32). The van der Waals surface area contributed by atoms with E-state index in [9.17, 15) is 22.0 Å². The highest BCUT2D eigenvalue weighted by molar-refractivity contribution is 7.92. The highest BCUT2D eigenvalue weighted by Crippen LogP contribution is 2.33. The van der Waals surface area contributed by atoms with E-state index in [1.807, 2.05) is 0 Å². The first-order chi connectivity index (χ1) is 17.2. The maximum atomic E-state index is 14.8. The Hall–Kier alpha value is -3.37. The number of halogens is 3. The molecular weight excluding hydrogens is 512 g/mol. The van der Waals surface area contributed by atoms with E-state index in [1.54, 1.807) is 36.3 Å². The minimum atomic E-state index is -4.27. The van der Waals surface area contributed by atoms with Crippen molar-refractivity contribution in [3.63, 3.8) is 0 Å². The van der Waals surface area contributed by atoms with E-state index in [-0.39, 0.29) is 42.5 Å². The van der Waals surface area contributed by atoms with Crippen LogP contribution in [0.4, 0.5) is 25.0 Å². The van der Waals surface area contributed by atoms with Gasteiger partial charge in [0, 0.05) is 35.9 Å². The van der Waals surface area contributed by atoms with Gasteiger partial charge in [0.2, 0.25) is 0 Å². The molecule has 0 aromatic heterocycles. The zero-order chi connectivity index (χ0) is 25.9. The van der Waals surface area contributed by atoms with Gasteiger partial charge in [0.05, 0.1) is 17.7 Å². The van der Waals surface area contributed by atoms with Gasteiger partial charge < -0.3 is 15.0 Å². The predicted octanol–water partition coefficient (Wildman–Crippen LogP) is 5.52. The van der Waals surface area contributed by atoms with Gasteiger partial charge in [-0.25, -0.2) is 22.0 Å². The quantitative estimate of drug-likeness (QED) is 0.451. The lowest BCUT2D eigenvalue weighted by Crippen LogP contribution is -2.50. The van der Waals surface area contributed by atoms with Crippen molar-refractivity contribution in [1.29, 1.82) is 0 Å². The molecule has 1 fully saturated rings. The largest absolute Gasteiger partial charge is 0.497 e. The first kappa shape index (κ1) is 25.7. The molecule has 1 aliphatic rings. The molecule has 7 nitrogen and oxygen atoms in total. The van der Waals surface area contributed by atoms with E-state index < -0.39 is 27.7 Å². The van der Waals surface area contributed by atoms with Crippen LogP contribution in [-0.4, -0.2) is 45.6 Å². The summed E-state index contributed by atoms with van der Waals surface area (Å²) in [6, 6.07) is 14.0. The molecule has 1 aliphatic heterocycles. The second-order valence-electron chi connectivity index (χ2n) is 8.23. The first-order valence-corrected chi connectivity index (χ1v) is 13.0. The molecule has 3 aromatic rings. The normalized spacial score (nSPS) is 14.4. The summed E-state index contributed by atoms with van der Waals surface area (Å²) in [5, 5.41) is 3.14. The van der Waals surface area contributed by atoms with Crippen LogP contribution in [0.15, 0.2) is 71.6 Å². The van der Waals surface area contributed by atoms with Crippen molar-refractivity contribution in [1.82, 2.24) is 4.90 Å². The zero-order valence-corrected chi connectivity index (χ0v) is 20.9. The molecule has 190 valence electrons. The summed E-state index contributed by atoms with van der Waals surface area (Å²) in [6.07, 6.45) is 0.442. The topological polar surface area (TPSA) is 79.0 Å². The molecule has 1 saturated heterocycles. The minimum Gasteiger partial charge on any atom is -0.497 e. The third-order valence-corrected chi connectivity index (χ3v) is 8.07. The van der Waals surface area contributed by atoms with Gasteiger partial charge >= 0.3 is 6.03 Å². The van der Waals surface area contributed by atoms with Crippen molar-refractivity contribution in [2.45, 2.75) is 23.8 Å². The summed E-state index contributed by atoms with van der Waals surface area (Å²) < 4.78 is 62.1. The summed E-state index contributed by atoms with van der Waals surface area (Å²) >= 11 is 5.90. The summed E-state index contributed by atoms with van der Waals surface area (Å²) in [5.41, 5.74) is 0.197. The maximum Gasteiger partial charge on any atom is 0.321 e. The zero-order valence-electron chi connectivity index (χ0n) is 19.3. The Balaban J connectivity index is 1.56. The van der Waals surface area contributed by atoms with Gasteiger partial charge in [0.15, 0.2) is 0 Å². The molecule has 2 amide bonds. The molecule has 4 rings (SSSR count). The molecular formula is C25H24ClF2N3O4S. The Morgan fingerprint density at radius 2 is 1.67 bits per heavy atom. The summed E-state index contributed by atoms with van der Waals surface area (Å²) in [4.78, 5) is 14.2. The molecule has 0 bridgehead atoms. The average Bonchev–Trinajstić information content (AvgIpc) is 2.87. The number of urea groups is 1. The molecule has 36 heavy (non-hydrogen) atoms. The van der Waals surface area contributed by atoms with Gasteiger partial charge in [-0.2, -0.15) is 0 Å². The minimum absolute atomic E-state index is 0.102. The number of benzene rings is 3. The third-order valence-electron chi connectivity index (χ3n) is 5.94. The molecule has 0 unspecified atom stereocenters. The lowest BCUT2D eigenvalue weighted by molar-refractivity contribution is 0.195. The van der Waals surface area contributed by atoms with E-state index >= 15 is 0 Å². The van der Waals surface area contributed by atoms with Crippen LogP contribution in [0.25, 0.3) is 0 Å². The molecule has 11 heteroatoms. The predicted molar refractivity (Wildman–Crippen MR) is 134 cm³/mol. The van der Waals surface area contributed by atoms with Crippen LogP contribution in [0, 0.1) is 11.6 Å². The van der Waals surface area contributed by atoms with Gasteiger partial charge in [0.1, 0.15) is 17.4 Å². The van der Waals surface area contributed by atoms with Crippen LogP contribution in [0.2, 0.25) is 5.02 Å². The van der Waals surface area contributed by atoms with Crippen molar-refractivity contribution in [2.75, 3.05) is 29.8 Å². The van der Waals surface area contributed by atoms with Crippen molar-refractivity contribution in [3.05, 3.63) is 83.4 Å². The Morgan fingerprint density at radius 1 is 1.03 bits per heavy atom. The molecule has 3 aromatic carbocycles. The summed E-state index contributed by atoms with van der Waals surface area (Å²) in [7, 11) is -2.72. The second kappa shape index (κ2) is 10.7. The number of nitrogens with one attached hydrogen (secondary N) is 1. The summed E-state index contributed by atoms with van der Waals surface area (Å²) in [5.74, 6) is -0.979. The Labute approximate surface area is 213 Å². The number of anilines is 2. The Morgan fingerprint density at radius 3 is 2.28 bits per heavy atom. The van der Waals surface area contributed by atoms with E-state index in [2.05, 4.69) is 5.32 Å². The molecule has 1 N–H and O–H groups in total. The van der Waals surface area contributed by atoms with Crippen molar-refractivity contribution in [3.8, 4) is 5.75 Å². The van der Waals surface area contributed by atoms with Crippen LogP contribution in [0.3, 0.4) is 0 Å². The number of rotatable bonds is 6. The van der Waals surface area contributed by atoms with Gasteiger partial charge in [-0.05, 0) is 73.5 Å². The van der Waals surface area contributed by atoms with Crippen molar-refractivity contribution in [2.24, 2.45) is 0 Å². The van der Waals surface area contributed by atoms with E-state index in [1.165, 1.54) is 24.3 Å². The monoisotopic (exact) mass is 535 g/mol. The number of hydrogen-bond donors (Lipinski definition) is 1. The highest BCUT2D eigenvalue weighted by atomic mass is 35.5. The average molecular weight is 536 g/mol. The molecule has 0 atom stereocenters. The number of carbonyl (C=O) groups is 1. The third kappa shape index (κ3) is 5.55. The van der Waals surface area contributed by atoms with Crippen molar-refractivity contribution >= 4 is 39.0 Å². The van der Waals surface area contributed by atoms with Gasteiger partial charge in [-0.1, -0.05) is 11.6 Å². The SMILES string of the molecule is COc1ccc(NC(=O)N2CCC(N(c3cc(F)ccc3F)S(=O)(=O)c3ccc(Cl)cc3)CC2)cc1. The maximum absolute atomic E-state index is 14.8. The number of piperidine rings is 1. The fourth-order valence-electron chi connectivity index (χ4n) is 4.08. The fraction of sp³-hybridized carbons (Fsp3) is 0.240. The second-order valence-corrected chi connectivity index (χ2v) is 10.5. The van der Waals surface area contributed by atoms with Gasteiger partial charge in [-0.3, -0.25) is 4.31 Å². The van der Waals surface area contributed by atoms with Crippen LogP contribution in [0.1, 0.15) is 12.8 Å². The molecule has 0 radical (unpaired) electrons. The fourth-order valence-corrected chi connectivity index (χ4v) is 5.91. The number of ether oxygens (including phenoxy) is 1. The van der Waals surface area contributed by atoms with E-state index in [0.717, 1.165) is 22.5 Å². The smallest absolute Gasteiger partial charge is 0.321 e. The van der Waals surface area contributed by atoms with Crippen LogP contribution in [0.5, 0.6) is 5.75 Å². The van der Waals surface area contributed by atoms with E-state index in [0.29, 0.717) is 16.5 Å². The van der Waals surface area contributed by atoms with Crippen LogP contribution < -0.4 is 14.4 Å². The van der Waals surface area contributed by atoms with Gasteiger partial charge in [-0.15, -0.1) is 0 Å². The molecule has 1 heterocycles. The highest BCUT2D eigenvalue weighted by Gasteiger charge is 2.36. The first-order valence-electron chi connectivity index (χ1n) is 11.1. The molecule has 0 spiro atoms. The number of carbonyl (C=O) groups excluding carboxylic acids is 1. The number of nitrogens with zero attached hydrogens (tertiary/aromatic N) is 2. The number of methoxy groups -OCH3 is 1. The lowest BCUT2D eigenvalue weighted by Gasteiger charge is -2.39. The summed E-state index contributed by atoms with van der Waals surface area (Å²) in [6.45, 7) is 0.437. The number of sulfonamides is 1. The Bertz CT molecular complexity index is 1330. The van der Waals surface area contributed by atoms with Crippen LogP contribution in [-0.2, 0) is 10.0 Å². The van der Waals surface area contributed by atoms with Crippen LogP contribution >= 0.6 is 11.6 Å². The number of likely N-dealkylation sites (tertiary alicyclic amines) is 1. The lowest BCUT2D eigenvalue weighted by atomic mass is 10.0. The van der Waals surface area contributed by atoms with Gasteiger partial charge in [0.25, 0.3) is 10.0 Å². The number of amides is 2. The Kier molecular flexibility index (Phi) is 7.65. The molecule has 0 aliphatic carbocycles. The number of hydrogen-bond acceptors (Lipinski definition) is 4. The van der Waals surface area contributed by atoms with E-state index in [4.69, 9.17) is 16.3 Å². The van der Waals surface area contributed by atoms with Crippen molar-refractivity contribution < 1.29 is 26.7 Å². The molecule has 0 saturated carbocycles.